The fourth-order valence-corrected chi connectivity index (χ4v) is 4.57. The molecular formula is C20H18N6OS2. The smallest absolute Gasteiger partial charge is 0.230 e. The third-order valence-electron chi connectivity index (χ3n) is 4.10. The Morgan fingerprint density at radius 3 is 2.76 bits per heavy atom. The third kappa shape index (κ3) is 4.36. The Kier molecular flexibility index (Phi) is 5.68. The number of nitrogens with zero attached hydrogens (tertiary/aromatic N) is 6. The molecule has 2 aromatic heterocycles. The van der Waals surface area contributed by atoms with Gasteiger partial charge in [-0.2, -0.15) is 4.68 Å². The van der Waals surface area contributed by atoms with E-state index in [-0.39, 0.29) is 5.91 Å². The fourth-order valence-electron chi connectivity index (χ4n) is 2.80. The minimum Gasteiger partial charge on any atom is -0.274 e. The van der Waals surface area contributed by atoms with Gasteiger partial charge >= 0.3 is 0 Å². The van der Waals surface area contributed by atoms with Gasteiger partial charge in [-0.05, 0) is 47.2 Å². The van der Waals surface area contributed by atoms with Gasteiger partial charge in [0.2, 0.25) is 11.1 Å². The second-order valence-corrected chi connectivity index (χ2v) is 8.09. The van der Waals surface area contributed by atoms with E-state index in [0.717, 1.165) is 22.6 Å². The molecule has 29 heavy (non-hydrogen) atoms. The van der Waals surface area contributed by atoms with E-state index in [1.165, 1.54) is 23.1 Å². The Labute approximate surface area is 176 Å². The van der Waals surface area contributed by atoms with Crippen molar-refractivity contribution in [3.05, 3.63) is 71.2 Å². The first-order valence-electron chi connectivity index (χ1n) is 8.90. The van der Waals surface area contributed by atoms with Crippen molar-refractivity contribution in [3.63, 3.8) is 0 Å². The Bertz CT molecular complexity index is 1120. The highest BCUT2D eigenvalue weighted by Crippen LogP contribution is 2.31. The average molecular weight is 423 g/mol. The lowest BCUT2D eigenvalue weighted by atomic mass is 10.2. The van der Waals surface area contributed by atoms with Crippen LogP contribution in [0, 0.1) is 6.92 Å². The first kappa shape index (κ1) is 19.3. The molecule has 0 bridgehead atoms. The molecule has 4 aromatic rings. The standard InChI is InChI=1S/C20H18N6OS2/c1-14-7-6-10-18(11-14)25(15(2)27)19-21-16(12-28-19)13-29-20-22-23-24-26(20)17-8-4-3-5-9-17/h3-12H,13H2,1-2H3. The summed E-state index contributed by atoms with van der Waals surface area (Å²) in [5, 5.41) is 15.3. The largest absolute Gasteiger partial charge is 0.274 e. The lowest BCUT2D eigenvalue weighted by Crippen LogP contribution is -2.22. The van der Waals surface area contributed by atoms with Crippen LogP contribution in [-0.4, -0.2) is 31.1 Å². The van der Waals surface area contributed by atoms with Crippen molar-refractivity contribution in [2.45, 2.75) is 24.8 Å². The molecule has 0 saturated heterocycles. The topological polar surface area (TPSA) is 76.8 Å². The van der Waals surface area contributed by atoms with Crippen molar-refractivity contribution >= 4 is 39.8 Å². The molecule has 2 aromatic carbocycles. The van der Waals surface area contributed by atoms with Crippen LogP contribution >= 0.6 is 23.1 Å². The number of hydrogen-bond acceptors (Lipinski definition) is 7. The van der Waals surface area contributed by atoms with E-state index in [0.29, 0.717) is 16.0 Å². The van der Waals surface area contributed by atoms with Crippen molar-refractivity contribution in [2.75, 3.05) is 4.90 Å². The molecule has 146 valence electrons. The van der Waals surface area contributed by atoms with Crippen molar-refractivity contribution in [2.24, 2.45) is 0 Å². The normalized spacial score (nSPS) is 10.8. The summed E-state index contributed by atoms with van der Waals surface area (Å²) in [7, 11) is 0. The van der Waals surface area contributed by atoms with E-state index in [1.807, 2.05) is 66.9 Å². The second-order valence-electron chi connectivity index (χ2n) is 6.31. The van der Waals surface area contributed by atoms with Gasteiger partial charge in [0.05, 0.1) is 17.1 Å². The molecular weight excluding hydrogens is 404 g/mol. The lowest BCUT2D eigenvalue weighted by molar-refractivity contribution is -0.115. The maximum atomic E-state index is 12.3. The number of thioether (sulfide) groups is 1. The van der Waals surface area contributed by atoms with Gasteiger partial charge in [-0.15, -0.1) is 16.4 Å². The average Bonchev–Trinajstić information content (AvgIpc) is 3.36. The van der Waals surface area contributed by atoms with E-state index >= 15 is 0 Å². The molecule has 2 heterocycles. The first-order valence-corrected chi connectivity index (χ1v) is 10.8. The van der Waals surface area contributed by atoms with Crippen molar-refractivity contribution in [1.29, 1.82) is 0 Å². The maximum Gasteiger partial charge on any atom is 0.230 e. The van der Waals surface area contributed by atoms with Gasteiger partial charge in [-0.1, -0.05) is 42.1 Å². The number of amides is 1. The molecule has 0 fully saturated rings. The number of tetrazole rings is 1. The number of aromatic nitrogens is 5. The van der Waals surface area contributed by atoms with Crippen LogP contribution in [-0.2, 0) is 10.5 Å². The van der Waals surface area contributed by atoms with Gasteiger partial charge in [0.15, 0.2) is 5.13 Å². The van der Waals surface area contributed by atoms with E-state index in [1.54, 1.807) is 16.5 Å². The predicted molar refractivity (Wildman–Crippen MR) is 115 cm³/mol. The Morgan fingerprint density at radius 1 is 1.17 bits per heavy atom. The van der Waals surface area contributed by atoms with Crippen LogP contribution in [0.15, 0.2) is 65.1 Å². The fraction of sp³-hybridized carbons (Fsp3) is 0.150. The lowest BCUT2D eigenvalue weighted by Gasteiger charge is -2.18. The molecule has 0 atom stereocenters. The Balaban J connectivity index is 1.52. The molecule has 0 aliphatic rings. The second kappa shape index (κ2) is 8.54. The highest BCUT2D eigenvalue weighted by molar-refractivity contribution is 7.98. The number of benzene rings is 2. The monoisotopic (exact) mass is 422 g/mol. The minimum atomic E-state index is -0.0721. The third-order valence-corrected chi connectivity index (χ3v) is 5.92. The quantitative estimate of drug-likeness (QED) is 0.429. The number of para-hydroxylation sites is 1. The molecule has 0 aliphatic heterocycles. The first-order chi connectivity index (χ1) is 14.1. The van der Waals surface area contributed by atoms with E-state index in [9.17, 15) is 4.79 Å². The number of anilines is 2. The summed E-state index contributed by atoms with van der Waals surface area (Å²) < 4.78 is 1.70. The number of aryl methyl sites for hydroxylation is 1. The summed E-state index contributed by atoms with van der Waals surface area (Å²) in [6.45, 7) is 3.55. The van der Waals surface area contributed by atoms with Crippen LogP contribution in [0.3, 0.4) is 0 Å². The highest BCUT2D eigenvalue weighted by Gasteiger charge is 2.18. The van der Waals surface area contributed by atoms with Gasteiger partial charge < -0.3 is 0 Å². The van der Waals surface area contributed by atoms with Gasteiger partial charge in [0, 0.05) is 18.1 Å². The zero-order valence-corrected chi connectivity index (χ0v) is 17.5. The molecule has 4 rings (SSSR count). The number of carbonyl (C=O) groups is 1. The molecule has 0 aliphatic carbocycles. The number of thiazole rings is 1. The number of hydrogen-bond donors (Lipinski definition) is 0. The zero-order valence-electron chi connectivity index (χ0n) is 15.9. The summed E-state index contributed by atoms with van der Waals surface area (Å²) in [4.78, 5) is 18.6. The van der Waals surface area contributed by atoms with Gasteiger partial charge in [0.1, 0.15) is 0 Å². The molecule has 0 radical (unpaired) electrons. The summed E-state index contributed by atoms with van der Waals surface area (Å²) >= 11 is 2.95. The van der Waals surface area contributed by atoms with E-state index in [4.69, 9.17) is 0 Å². The van der Waals surface area contributed by atoms with Crippen LogP contribution in [0.1, 0.15) is 18.2 Å². The number of carbonyl (C=O) groups excluding carboxylic acids is 1. The molecule has 0 unspecified atom stereocenters. The minimum absolute atomic E-state index is 0.0721. The van der Waals surface area contributed by atoms with E-state index in [2.05, 4.69) is 20.5 Å². The van der Waals surface area contributed by atoms with Crippen LogP contribution < -0.4 is 4.90 Å². The SMILES string of the molecule is CC(=O)N(c1cccc(C)c1)c1nc(CSc2nnnn2-c2ccccc2)cs1. The highest BCUT2D eigenvalue weighted by atomic mass is 32.2. The summed E-state index contributed by atoms with van der Waals surface area (Å²) in [6.07, 6.45) is 0. The van der Waals surface area contributed by atoms with Gasteiger partial charge in [0.25, 0.3) is 0 Å². The Hall–Kier alpha value is -3.04. The molecule has 7 nitrogen and oxygen atoms in total. The van der Waals surface area contributed by atoms with Gasteiger partial charge in [-0.25, -0.2) is 4.98 Å². The zero-order chi connectivity index (χ0) is 20.2. The van der Waals surface area contributed by atoms with Crippen LogP contribution in [0.4, 0.5) is 10.8 Å². The molecule has 0 spiro atoms. The van der Waals surface area contributed by atoms with Crippen LogP contribution in [0.2, 0.25) is 0 Å². The molecule has 1 amide bonds. The molecule has 0 saturated carbocycles. The summed E-state index contributed by atoms with van der Waals surface area (Å²) in [5.41, 5.74) is 3.69. The Morgan fingerprint density at radius 2 is 2.00 bits per heavy atom. The number of rotatable bonds is 6. The van der Waals surface area contributed by atoms with Crippen molar-refractivity contribution in [3.8, 4) is 5.69 Å². The summed E-state index contributed by atoms with van der Waals surface area (Å²) in [6, 6.07) is 17.6. The maximum absolute atomic E-state index is 12.3. The molecule has 9 heteroatoms. The summed E-state index contributed by atoms with van der Waals surface area (Å²) in [5.74, 6) is 0.528. The van der Waals surface area contributed by atoms with E-state index < -0.39 is 0 Å². The van der Waals surface area contributed by atoms with Gasteiger partial charge in [-0.3, -0.25) is 9.69 Å². The van der Waals surface area contributed by atoms with Crippen LogP contribution in [0.25, 0.3) is 5.69 Å². The predicted octanol–water partition coefficient (Wildman–Crippen LogP) is 4.40. The van der Waals surface area contributed by atoms with Crippen molar-refractivity contribution in [1.82, 2.24) is 25.2 Å². The van der Waals surface area contributed by atoms with Crippen molar-refractivity contribution < 1.29 is 4.79 Å². The van der Waals surface area contributed by atoms with Crippen LogP contribution in [0.5, 0.6) is 0 Å². The molecule has 0 N–H and O–H groups in total.